The van der Waals surface area contributed by atoms with E-state index in [4.69, 9.17) is 9.84 Å². The third-order valence-corrected chi connectivity index (χ3v) is 5.75. The lowest BCUT2D eigenvalue weighted by molar-refractivity contribution is 0.0697. The smallest absolute Gasteiger partial charge is 0.335 e. The van der Waals surface area contributed by atoms with Crippen LogP contribution in [-0.4, -0.2) is 55.0 Å². The van der Waals surface area contributed by atoms with E-state index in [1.54, 1.807) is 12.1 Å². The van der Waals surface area contributed by atoms with Gasteiger partial charge in [0, 0.05) is 20.2 Å². The Morgan fingerprint density at radius 1 is 1.19 bits per heavy atom. The summed E-state index contributed by atoms with van der Waals surface area (Å²) in [4.78, 5) is 18.7. The minimum absolute atomic E-state index is 0.104. The Labute approximate surface area is 150 Å². The average Bonchev–Trinajstić information content (AvgIpc) is 3.03. The van der Waals surface area contributed by atoms with Crippen molar-refractivity contribution < 1.29 is 23.1 Å². The number of hydrogen-bond donors (Lipinski definition) is 2. The van der Waals surface area contributed by atoms with Crippen LogP contribution in [0, 0.1) is 0 Å². The minimum Gasteiger partial charge on any atom is -0.496 e. The third-order valence-electron chi connectivity index (χ3n) is 3.94. The summed E-state index contributed by atoms with van der Waals surface area (Å²) in [7, 11) is 0.757. The number of hydrogen-bond acceptors (Lipinski definition) is 5. The molecule has 0 unspecified atom stereocenters. The Bertz CT molecular complexity index is 1100. The van der Waals surface area contributed by atoms with E-state index >= 15 is 0 Å². The summed E-state index contributed by atoms with van der Waals surface area (Å²) in [5, 5.41) is 9.08. The maximum atomic E-state index is 12.3. The average molecular weight is 375 g/mol. The number of nitrogens with one attached hydrogen (secondary N) is 1. The van der Waals surface area contributed by atoms with Crippen molar-refractivity contribution in [2.24, 2.45) is 0 Å². The molecule has 0 amide bonds. The van der Waals surface area contributed by atoms with Gasteiger partial charge in [0.15, 0.2) is 0 Å². The second-order valence-electron chi connectivity index (χ2n) is 5.77. The molecule has 2 N–H and O–H groups in total. The maximum Gasteiger partial charge on any atom is 0.335 e. The van der Waals surface area contributed by atoms with E-state index in [0.717, 1.165) is 4.31 Å². The zero-order chi connectivity index (χ0) is 19.1. The molecule has 0 fully saturated rings. The lowest BCUT2D eigenvalue weighted by Crippen LogP contribution is -2.22. The number of imidazole rings is 1. The number of aromatic amines is 1. The molecule has 1 aromatic heterocycles. The molecule has 0 bridgehead atoms. The van der Waals surface area contributed by atoms with Crippen molar-refractivity contribution in [3.63, 3.8) is 0 Å². The molecule has 0 atom stereocenters. The van der Waals surface area contributed by atoms with Crippen molar-refractivity contribution in [1.82, 2.24) is 14.3 Å². The van der Waals surface area contributed by atoms with Gasteiger partial charge in [-0.25, -0.2) is 22.5 Å². The molecule has 0 saturated carbocycles. The lowest BCUT2D eigenvalue weighted by Gasteiger charge is -2.13. The van der Waals surface area contributed by atoms with Crippen LogP contribution in [0.25, 0.3) is 22.4 Å². The number of carboxylic acids is 1. The number of fused-ring (bicyclic) bond motifs is 1. The van der Waals surface area contributed by atoms with E-state index in [1.807, 2.05) is 0 Å². The van der Waals surface area contributed by atoms with Gasteiger partial charge < -0.3 is 14.8 Å². The van der Waals surface area contributed by atoms with Crippen LogP contribution in [0.3, 0.4) is 0 Å². The highest BCUT2D eigenvalue weighted by Gasteiger charge is 2.20. The highest BCUT2D eigenvalue weighted by atomic mass is 32.2. The molecule has 136 valence electrons. The Hall–Kier alpha value is -2.91. The summed E-state index contributed by atoms with van der Waals surface area (Å²) < 4.78 is 31.0. The van der Waals surface area contributed by atoms with Gasteiger partial charge in [0.2, 0.25) is 10.0 Å². The molecule has 0 saturated heterocycles. The SMILES string of the molecule is COc1cc(S(=O)(=O)N(C)C)ccc1-c1nc2cc(C(=O)O)ccc2[nH]1. The van der Waals surface area contributed by atoms with E-state index < -0.39 is 16.0 Å². The molecule has 0 radical (unpaired) electrons. The fourth-order valence-electron chi connectivity index (χ4n) is 2.50. The van der Waals surface area contributed by atoms with Crippen molar-refractivity contribution in [3.8, 4) is 17.1 Å². The Morgan fingerprint density at radius 2 is 1.92 bits per heavy atom. The Balaban J connectivity index is 2.12. The molecule has 3 rings (SSSR count). The first-order valence-corrected chi connectivity index (χ1v) is 9.02. The van der Waals surface area contributed by atoms with Crippen LogP contribution in [0.5, 0.6) is 5.75 Å². The van der Waals surface area contributed by atoms with Crippen LogP contribution in [0.4, 0.5) is 0 Å². The maximum absolute atomic E-state index is 12.3. The number of aromatic nitrogens is 2. The molecule has 0 spiro atoms. The van der Waals surface area contributed by atoms with Gasteiger partial charge in [-0.1, -0.05) is 0 Å². The highest BCUT2D eigenvalue weighted by Crippen LogP contribution is 2.32. The van der Waals surface area contributed by atoms with Gasteiger partial charge in [-0.15, -0.1) is 0 Å². The van der Waals surface area contributed by atoms with Crippen molar-refractivity contribution in [2.45, 2.75) is 4.90 Å². The van der Waals surface area contributed by atoms with Gasteiger partial charge in [0.1, 0.15) is 11.6 Å². The lowest BCUT2D eigenvalue weighted by atomic mass is 10.2. The monoisotopic (exact) mass is 375 g/mol. The second kappa shape index (κ2) is 6.43. The van der Waals surface area contributed by atoms with E-state index in [1.165, 1.54) is 45.5 Å². The van der Waals surface area contributed by atoms with E-state index in [0.29, 0.717) is 28.2 Å². The predicted molar refractivity (Wildman–Crippen MR) is 95.9 cm³/mol. The summed E-state index contributed by atoms with van der Waals surface area (Å²) in [5.41, 5.74) is 1.86. The van der Waals surface area contributed by atoms with Crippen LogP contribution in [-0.2, 0) is 10.0 Å². The number of sulfonamides is 1. The first-order chi connectivity index (χ1) is 12.2. The predicted octanol–water partition coefficient (Wildman–Crippen LogP) is 2.19. The minimum atomic E-state index is -3.59. The van der Waals surface area contributed by atoms with Crippen LogP contribution in [0.15, 0.2) is 41.3 Å². The number of methoxy groups -OCH3 is 1. The van der Waals surface area contributed by atoms with Crippen LogP contribution in [0.2, 0.25) is 0 Å². The largest absolute Gasteiger partial charge is 0.496 e. The number of rotatable bonds is 5. The van der Waals surface area contributed by atoms with E-state index in [2.05, 4.69) is 9.97 Å². The van der Waals surface area contributed by atoms with Gasteiger partial charge in [0.25, 0.3) is 0 Å². The van der Waals surface area contributed by atoms with Crippen molar-refractivity contribution in [2.75, 3.05) is 21.2 Å². The normalized spacial score (nSPS) is 11.8. The van der Waals surface area contributed by atoms with Gasteiger partial charge in [-0.3, -0.25) is 0 Å². The Kier molecular flexibility index (Phi) is 4.43. The van der Waals surface area contributed by atoms with Crippen LogP contribution in [0.1, 0.15) is 10.4 Å². The quantitative estimate of drug-likeness (QED) is 0.707. The zero-order valence-electron chi connectivity index (χ0n) is 14.3. The summed E-state index contributed by atoms with van der Waals surface area (Å²) in [6, 6.07) is 9.09. The van der Waals surface area contributed by atoms with E-state index in [-0.39, 0.29) is 10.5 Å². The molecular formula is C17H17N3O5S. The van der Waals surface area contributed by atoms with Crippen LogP contribution < -0.4 is 4.74 Å². The third kappa shape index (κ3) is 3.02. The fourth-order valence-corrected chi connectivity index (χ4v) is 3.42. The topological polar surface area (TPSA) is 113 Å². The molecule has 3 aromatic rings. The summed E-state index contributed by atoms with van der Waals surface area (Å²) >= 11 is 0. The number of nitrogens with zero attached hydrogens (tertiary/aromatic N) is 2. The summed E-state index contributed by atoms with van der Waals surface area (Å²) in [6.45, 7) is 0. The van der Waals surface area contributed by atoms with Gasteiger partial charge in [0.05, 0.1) is 34.2 Å². The number of carbonyl (C=O) groups is 1. The number of ether oxygens (including phenoxy) is 1. The molecule has 0 aliphatic rings. The standard InChI is InChI=1S/C17H17N3O5S/c1-20(2)26(23,24)11-5-6-12(15(9-11)25-3)16-18-13-7-4-10(17(21)22)8-14(13)19-16/h4-9H,1-3H3,(H,18,19)(H,21,22). The zero-order valence-corrected chi connectivity index (χ0v) is 15.2. The molecular weight excluding hydrogens is 358 g/mol. The van der Waals surface area contributed by atoms with E-state index in [9.17, 15) is 13.2 Å². The molecule has 2 aromatic carbocycles. The van der Waals surface area contributed by atoms with Gasteiger partial charge in [-0.05, 0) is 30.3 Å². The first kappa shape index (κ1) is 17.9. The van der Waals surface area contributed by atoms with Crippen molar-refractivity contribution >= 4 is 27.0 Å². The summed E-state index contributed by atoms with van der Waals surface area (Å²) in [6.07, 6.45) is 0. The molecule has 9 heteroatoms. The Morgan fingerprint density at radius 3 is 2.54 bits per heavy atom. The molecule has 1 heterocycles. The fraction of sp³-hybridized carbons (Fsp3) is 0.176. The number of aromatic carboxylic acids is 1. The molecule has 8 nitrogen and oxygen atoms in total. The number of carboxylic acid groups (broad SMARTS) is 1. The van der Waals surface area contributed by atoms with Gasteiger partial charge in [-0.2, -0.15) is 0 Å². The van der Waals surface area contributed by atoms with Crippen molar-refractivity contribution in [1.29, 1.82) is 0 Å². The summed E-state index contributed by atoms with van der Waals surface area (Å²) in [5.74, 6) is -0.245. The van der Waals surface area contributed by atoms with Gasteiger partial charge >= 0.3 is 5.97 Å². The first-order valence-electron chi connectivity index (χ1n) is 7.58. The van der Waals surface area contributed by atoms with Crippen LogP contribution >= 0.6 is 0 Å². The highest BCUT2D eigenvalue weighted by molar-refractivity contribution is 7.89. The number of H-pyrrole nitrogens is 1. The second-order valence-corrected chi connectivity index (χ2v) is 7.92. The molecule has 0 aliphatic heterocycles. The molecule has 0 aliphatic carbocycles. The molecule has 26 heavy (non-hydrogen) atoms. The number of benzene rings is 2. The van der Waals surface area contributed by atoms with Crippen molar-refractivity contribution in [3.05, 3.63) is 42.0 Å².